The number of hydrogen-bond acceptors (Lipinski definition) is 3. The van der Waals surface area contributed by atoms with Crippen LogP contribution in [0, 0.1) is 6.92 Å². The van der Waals surface area contributed by atoms with Crippen molar-refractivity contribution in [3.8, 4) is 11.3 Å². The van der Waals surface area contributed by atoms with Gasteiger partial charge in [-0.3, -0.25) is 0 Å². The van der Waals surface area contributed by atoms with Gasteiger partial charge in [0.2, 0.25) is 0 Å². The zero-order chi connectivity index (χ0) is 20.8. The van der Waals surface area contributed by atoms with Gasteiger partial charge < -0.3 is 4.98 Å². The van der Waals surface area contributed by atoms with Crippen molar-refractivity contribution in [1.29, 1.82) is 0 Å². The summed E-state index contributed by atoms with van der Waals surface area (Å²) in [7, 11) is -4.14. The summed E-state index contributed by atoms with van der Waals surface area (Å²) >= 11 is 0. The van der Waals surface area contributed by atoms with E-state index in [4.69, 9.17) is 0 Å². The second kappa shape index (κ2) is 6.66. The highest BCUT2D eigenvalue weighted by molar-refractivity contribution is 7.92. The van der Waals surface area contributed by atoms with Gasteiger partial charge in [0.05, 0.1) is 10.6 Å². The van der Waals surface area contributed by atoms with Gasteiger partial charge in [-0.05, 0) is 48.9 Å². The first kappa shape index (κ1) is 19.1. The Morgan fingerprint density at radius 1 is 1.07 bits per heavy atom. The maximum absolute atomic E-state index is 13.3. The number of sulfonamides is 1. The van der Waals surface area contributed by atoms with Gasteiger partial charge in [0.25, 0.3) is 10.0 Å². The Hall–Kier alpha value is -3.27. The summed E-state index contributed by atoms with van der Waals surface area (Å²) < 4.78 is 65.1. The summed E-state index contributed by atoms with van der Waals surface area (Å²) in [6, 6.07) is 13.3. The molecule has 2 aromatic heterocycles. The zero-order valence-electron chi connectivity index (χ0n) is 15.0. The van der Waals surface area contributed by atoms with Gasteiger partial charge in [0.15, 0.2) is 5.69 Å². The number of aromatic nitrogens is 3. The maximum atomic E-state index is 13.3. The average Bonchev–Trinajstić information content (AvgIpc) is 3.29. The fourth-order valence-electron chi connectivity index (χ4n) is 3.07. The number of halogens is 3. The number of fused-ring (bicyclic) bond motifs is 1. The van der Waals surface area contributed by atoms with E-state index >= 15 is 0 Å². The third kappa shape index (κ3) is 3.58. The molecule has 2 N–H and O–H groups in total. The van der Waals surface area contributed by atoms with Gasteiger partial charge in [-0.1, -0.05) is 18.2 Å². The number of aryl methyl sites for hydroxylation is 1. The summed E-state index contributed by atoms with van der Waals surface area (Å²) in [4.78, 5) is 5.74. The number of hydrogen-bond donors (Lipinski definition) is 2. The van der Waals surface area contributed by atoms with Crippen LogP contribution in [0.5, 0.6) is 0 Å². The van der Waals surface area contributed by atoms with E-state index in [1.165, 1.54) is 24.3 Å². The molecule has 0 aliphatic rings. The lowest BCUT2D eigenvalue weighted by Crippen LogP contribution is -2.25. The highest BCUT2D eigenvalue weighted by Gasteiger charge is 2.36. The van der Waals surface area contributed by atoms with Crippen molar-refractivity contribution in [3.05, 3.63) is 72.1 Å². The molecule has 6 nitrogen and oxygen atoms in total. The largest absolute Gasteiger partial charge is 0.435 e. The lowest BCUT2D eigenvalue weighted by atomic mass is 10.1. The van der Waals surface area contributed by atoms with E-state index in [0.29, 0.717) is 10.4 Å². The minimum atomic E-state index is -4.73. The first-order valence-electron chi connectivity index (χ1n) is 8.48. The summed E-state index contributed by atoms with van der Waals surface area (Å²) in [5, 5.41) is 4.24. The molecule has 0 bridgehead atoms. The average molecular weight is 420 g/mol. The Balaban J connectivity index is 1.86. The van der Waals surface area contributed by atoms with E-state index in [9.17, 15) is 21.6 Å². The smallest absolute Gasteiger partial charge is 0.361 e. The van der Waals surface area contributed by atoms with Crippen LogP contribution in [0.1, 0.15) is 11.3 Å². The highest BCUT2D eigenvalue weighted by Crippen LogP contribution is 2.33. The van der Waals surface area contributed by atoms with Crippen molar-refractivity contribution in [3.63, 3.8) is 0 Å². The van der Waals surface area contributed by atoms with Gasteiger partial charge in [0.1, 0.15) is 0 Å². The third-order valence-corrected chi connectivity index (χ3v) is 5.72. The molecule has 150 valence electrons. The molecule has 10 heteroatoms. The van der Waals surface area contributed by atoms with Crippen LogP contribution in [0.4, 0.5) is 13.2 Å². The monoisotopic (exact) mass is 420 g/mol. The SMILES string of the molecule is Cc1cc(-c2cc(C(F)(F)F)nn2NS(=O)(=O)c2ccccc2)cc2cc[nH]c12. The standard InChI is InChI=1S/C19H15F3N4O2S/c1-12-9-14(10-13-7-8-23-18(12)13)16-11-17(19(20,21)22)24-26(16)25-29(27,28)15-5-3-2-4-6-15/h2-11,23,25H,1H3. The van der Waals surface area contributed by atoms with Gasteiger partial charge in [-0.2, -0.15) is 31.2 Å². The fraction of sp³-hybridized carbons (Fsp3) is 0.105. The Morgan fingerprint density at radius 2 is 1.79 bits per heavy atom. The van der Waals surface area contributed by atoms with Gasteiger partial charge >= 0.3 is 6.18 Å². The second-order valence-electron chi connectivity index (χ2n) is 6.47. The van der Waals surface area contributed by atoms with Gasteiger partial charge in [0, 0.05) is 22.7 Å². The zero-order valence-corrected chi connectivity index (χ0v) is 15.8. The van der Waals surface area contributed by atoms with Crippen LogP contribution in [0.25, 0.3) is 22.2 Å². The fourth-order valence-corrected chi connectivity index (χ4v) is 4.05. The topological polar surface area (TPSA) is 79.8 Å². The highest BCUT2D eigenvalue weighted by atomic mass is 32.2. The lowest BCUT2D eigenvalue weighted by molar-refractivity contribution is -0.141. The summed E-state index contributed by atoms with van der Waals surface area (Å²) in [5.41, 5.74) is 0.821. The molecule has 0 radical (unpaired) electrons. The van der Waals surface area contributed by atoms with E-state index in [-0.39, 0.29) is 10.6 Å². The van der Waals surface area contributed by atoms with E-state index in [1.807, 2.05) is 6.92 Å². The van der Waals surface area contributed by atoms with Crippen LogP contribution in [-0.4, -0.2) is 23.3 Å². The molecule has 29 heavy (non-hydrogen) atoms. The Morgan fingerprint density at radius 3 is 2.48 bits per heavy atom. The van der Waals surface area contributed by atoms with Crippen molar-refractivity contribution < 1.29 is 21.6 Å². The molecular weight excluding hydrogens is 405 g/mol. The number of alkyl halides is 3. The molecule has 0 aliphatic heterocycles. The molecule has 2 aromatic carbocycles. The summed E-state index contributed by atoms with van der Waals surface area (Å²) in [5.74, 6) is 0. The summed E-state index contributed by atoms with van der Waals surface area (Å²) in [6.45, 7) is 1.81. The molecule has 0 atom stereocenters. The minimum Gasteiger partial charge on any atom is -0.361 e. The molecule has 4 aromatic rings. The third-order valence-electron chi connectivity index (χ3n) is 4.41. The van der Waals surface area contributed by atoms with Crippen LogP contribution < -0.4 is 4.83 Å². The first-order valence-corrected chi connectivity index (χ1v) is 9.97. The molecule has 0 spiro atoms. The van der Waals surface area contributed by atoms with Gasteiger partial charge in [-0.15, -0.1) is 5.10 Å². The second-order valence-corrected chi connectivity index (χ2v) is 8.13. The number of benzene rings is 2. The number of rotatable bonds is 4. The molecule has 0 aliphatic carbocycles. The Kier molecular flexibility index (Phi) is 4.38. The Labute approximate surface area is 164 Å². The lowest BCUT2D eigenvalue weighted by Gasteiger charge is -2.12. The van der Waals surface area contributed by atoms with Crippen LogP contribution in [0.3, 0.4) is 0 Å². The van der Waals surface area contributed by atoms with Crippen molar-refractivity contribution >= 4 is 20.9 Å². The van der Waals surface area contributed by atoms with Crippen LogP contribution in [0.2, 0.25) is 0 Å². The molecule has 0 saturated carbocycles. The van der Waals surface area contributed by atoms with E-state index in [2.05, 4.69) is 14.9 Å². The summed E-state index contributed by atoms with van der Waals surface area (Å²) in [6.07, 6.45) is -3.01. The van der Waals surface area contributed by atoms with Crippen molar-refractivity contribution in [2.75, 3.05) is 4.83 Å². The Bertz CT molecular complexity index is 1290. The van der Waals surface area contributed by atoms with Crippen molar-refractivity contribution in [2.24, 2.45) is 0 Å². The predicted octanol–water partition coefficient (Wildman–Crippen LogP) is 4.29. The minimum absolute atomic E-state index is 0.0250. The molecule has 0 unspecified atom stereocenters. The molecule has 2 heterocycles. The van der Waals surface area contributed by atoms with Gasteiger partial charge in [-0.25, -0.2) is 0 Å². The maximum Gasteiger partial charge on any atom is 0.435 e. The molecule has 0 amide bonds. The van der Waals surface area contributed by atoms with Crippen LogP contribution in [-0.2, 0) is 16.2 Å². The van der Waals surface area contributed by atoms with E-state index in [0.717, 1.165) is 22.5 Å². The molecular formula is C19H15F3N4O2S. The van der Waals surface area contributed by atoms with E-state index < -0.39 is 21.9 Å². The quantitative estimate of drug-likeness (QED) is 0.517. The normalized spacial score (nSPS) is 12.4. The first-order chi connectivity index (χ1) is 13.6. The molecule has 4 rings (SSSR count). The number of nitrogens with one attached hydrogen (secondary N) is 2. The molecule has 0 saturated heterocycles. The van der Waals surface area contributed by atoms with Crippen molar-refractivity contribution in [1.82, 2.24) is 14.9 Å². The van der Waals surface area contributed by atoms with Crippen LogP contribution in [0.15, 0.2) is 65.7 Å². The number of aromatic amines is 1. The van der Waals surface area contributed by atoms with E-state index in [1.54, 1.807) is 30.5 Å². The number of nitrogens with zero attached hydrogens (tertiary/aromatic N) is 2. The number of H-pyrrole nitrogens is 1. The van der Waals surface area contributed by atoms with Crippen molar-refractivity contribution in [2.45, 2.75) is 18.0 Å². The predicted molar refractivity (Wildman–Crippen MR) is 102 cm³/mol. The molecule has 0 fully saturated rings. The van der Waals surface area contributed by atoms with Crippen LogP contribution >= 0.6 is 0 Å².